The van der Waals surface area contributed by atoms with Crippen molar-refractivity contribution in [3.05, 3.63) is 59.1 Å². The van der Waals surface area contributed by atoms with Gasteiger partial charge < -0.3 is 8.83 Å². The predicted octanol–water partition coefficient (Wildman–Crippen LogP) is 4.42. The monoisotopic (exact) mass is 408 g/mol. The van der Waals surface area contributed by atoms with E-state index in [1.807, 2.05) is 35.7 Å². The van der Waals surface area contributed by atoms with Crippen LogP contribution in [0.5, 0.6) is 0 Å². The molecule has 1 atom stereocenters. The first-order valence-electron chi connectivity index (χ1n) is 8.18. The zero-order valence-corrected chi connectivity index (χ0v) is 15.9. The summed E-state index contributed by atoms with van der Waals surface area (Å²) in [5, 5.41) is 19.8. The molecule has 4 aromatic rings. The molecule has 3 heterocycles. The van der Waals surface area contributed by atoms with E-state index in [0.717, 1.165) is 23.0 Å². The minimum Gasteiger partial charge on any atom is -0.459 e. The Morgan fingerprint density at radius 1 is 1.21 bits per heavy atom. The number of nitrogens with zero attached hydrogens (tertiary/aromatic N) is 4. The summed E-state index contributed by atoms with van der Waals surface area (Å²) in [5.74, 6) is -0.471. The van der Waals surface area contributed by atoms with Crippen molar-refractivity contribution < 1.29 is 13.6 Å². The quantitative estimate of drug-likeness (QED) is 0.414. The molecule has 7 nitrogen and oxygen atoms in total. The molecule has 4 rings (SSSR count). The number of aromatic nitrogens is 3. The molecule has 9 heteroatoms. The SMILES string of the molecule is N#C[C@@H](C(=O)CSc1nnc(-c2ccco2)o1)c1nc(-c2ccccc2)cs1. The van der Waals surface area contributed by atoms with E-state index >= 15 is 0 Å². The summed E-state index contributed by atoms with van der Waals surface area (Å²) in [7, 11) is 0. The van der Waals surface area contributed by atoms with Crippen molar-refractivity contribution in [3.63, 3.8) is 0 Å². The van der Waals surface area contributed by atoms with Crippen molar-refractivity contribution >= 4 is 28.9 Å². The van der Waals surface area contributed by atoms with Gasteiger partial charge in [0.25, 0.3) is 11.1 Å². The summed E-state index contributed by atoms with van der Waals surface area (Å²) in [6.45, 7) is 0. The third kappa shape index (κ3) is 3.88. The van der Waals surface area contributed by atoms with E-state index in [9.17, 15) is 10.1 Å². The van der Waals surface area contributed by atoms with Gasteiger partial charge in [0.15, 0.2) is 17.5 Å². The smallest absolute Gasteiger partial charge is 0.284 e. The molecule has 28 heavy (non-hydrogen) atoms. The Morgan fingerprint density at radius 3 is 2.82 bits per heavy atom. The number of carbonyl (C=O) groups is 1. The van der Waals surface area contributed by atoms with Crippen LogP contribution in [-0.2, 0) is 4.79 Å². The molecular formula is C19H12N4O3S2. The van der Waals surface area contributed by atoms with Gasteiger partial charge in [-0.1, -0.05) is 42.1 Å². The van der Waals surface area contributed by atoms with E-state index in [0.29, 0.717) is 10.8 Å². The van der Waals surface area contributed by atoms with E-state index < -0.39 is 5.92 Å². The Morgan fingerprint density at radius 2 is 2.07 bits per heavy atom. The van der Waals surface area contributed by atoms with Gasteiger partial charge in [-0.3, -0.25) is 4.79 Å². The second kappa shape index (κ2) is 8.21. The van der Waals surface area contributed by atoms with Crippen LogP contribution in [0.2, 0.25) is 0 Å². The Labute approximate surface area is 168 Å². The number of ketones is 1. The van der Waals surface area contributed by atoms with Gasteiger partial charge in [0.1, 0.15) is 5.01 Å². The van der Waals surface area contributed by atoms with Gasteiger partial charge in [0.2, 0.25) is 0 Å². The van der Waals surface area contributed by atoms with E-state index in [4.69, 9.17) is 8.83 Å². The number of hydrogen-bond acceptors (Lipinski definition) is 9. The van der Waals surface area contributed by atoms with E-state index in [1.54, 1.807) is 12.1 Å². The summed E-state index contributed by atoms with van der Waals surface area (Å²) < 4.78 is 10.6. The molecule has 0 aliphatic heterocycles. The number of nitriles is 1. The largest absolute Gasteiger partial charge is 0.459 e. The van der Waals surface area contributed by atoms with Crippen LogP contribution in [0.4, 0.5) is 0 Å². The van der Waals surface area contributed by atoms with Crippen LogP contribution in [0.1, 0.15) is 10.9 Å². The van der Waals surface area contributed by atoms with Gasteiger partial charge in [0, 0.05) is 10.9 Å². The number of carbonyl (C=O) groups excluding carboxylic acids is 1. The normalized spacial score (nSPS) is 11.8. The summed E-state index contributed by atoms with van der Waals surface area (Å²) in [4.78, 5) is 17.0. The van der Waals surface area contributed by atoms with Crippen LogP contribution in [0, 0.1) is 11.3 Å². The van der Waals surface area contributed by atoms with Crippen molar-refractivity contribution in [3.8, 4) is 29.0 Å². The van der Waals surface area contributed by atoms with E-state index in [1.165, 1.54) is 17.6 Å². The van der Waals surface area contributed by atoms with Gasteiger partial charge in [0.05, 0.1) is 23.8 Å². The van der Waals surface area contributed by atoms with Gasteiger partial charge >= 0.3 is 0 Å². The number of Topliss-reactive ketones (excluding diaryl/α,β-unsaturated/α-hetero) is 1. The second-order valence-electron chi connectivity index (χ2n) is 5.60. The molecule has 0 N–H and O–H groups in total. The molecule has 0 amide bonds. The molecule has 3 aromatic heterocycles. The zero-order chi connectivity index (χ0) is 19.3. The fourth-order valence-electron chi connectivity index (χ4n) is 2.41. The minimum atomic E-state index is -0.928. The number of furan rings is 1. The number of thioether (sulfide) groups is 1. The fourth-order valence-corrected chi connectivity index (χ4v) is 3.97. The maximum atomic E-state index is 12.5. The highest BCUT2D eigenvalue weighted by Gasteiger charge is 2.25. The van der Waals surface area contributed by atoms with Crippen LogP contribution in [-0.4, -0.2) is 26.7 Å². The number of rotatable bonds is 7. The molecule has 0 aliphatic carbocycles. The molecule has 0 radical (unpaired) electrons. The molecule has 0 bridgehead atoms. The molecule has 0 fully saturated rings. The van der Waals surface area contributed by atoms with Gasteiger partial charge in [-0.15, -0.1) is 21.5 Å². The lowest BCUT2D eigenvalue weighted by Gasteiger charge is -2.03. The first-order chi connectivity index (χ1) is 13.7. The van der Waals surface area contributed by atoms with Crippen molar-refractivity contribution in [1.82, 2.24) is 15.2 Å². The average Bonchev–Trinajstić information content (AvgIpc) is 3.48. The third-order valence-electron chi connectivity index (χ3n) is 3.77. The van der Waals surface area contributed by atoms with Crippen LogP contribution in [0.15, 0.2) is 68.2 Å². The molecule has 0 saturated carbocycles. The average molecular weight is 408 g/mol. The molecule has 0 saturated heterocycles. The van der Waals surface area contributed by atoms with Crippen LogP contribution >= 0.6 is 23.1 Å². The Balaban J connectivity index is 1.42. The van der Waals surface area contributed by atoms with Crippen molar-refractivity contribution in [2.45, 2.75) is 11.1 Å². The van der Waals surface area contributed by atoms with Crippen molar-refractivity contribution in [2.24, 2.45) is 0 Å². The number of hydrogen-bond donors (Lipinski definition) is 0. The van der Waals surface area contributed by atoms with E-state index in [2.05, 4.69) is 21.3 Å². The maximum absolute atomic E-state index is 12.5. The molecular weight excluding hydrogens is 396 g/mol. The molecule has 1 aromatic carbocycles. The van der Waals surface area contributed by atoms with Crippen LogP contribution < -0.4 is 0 Å². The highest BCUT2D eigenvalue weighted by Crippen LogP contribution is 2.29. The van der Waals surface area contributed by atoms with Gasteiger partial charge in [-0.05, 0) is 12.1 Å². The molecule has 0 unspecified atom stereocenters. The maximum Gasteiger partial charge on any atom is 0.284 e. The Hall–Kier alpha value is -3.22. The second-order valence-corrected chi connectivity index (χ2v) is 7.42. The van der Waals surface area contributed by atoms with Gasteiger partial charge in [-0.2, -0.15) is 5.26 Å². The van der Waals surface area contributed by atoms with Crippen LogP contribution in [0.25, 0.3) is 22.9 Å². The zero-order valence-electron chi connectivity index (χ0n) is 14.3. The fraction of sp³-hybridized carbons (Fsp3) is 0.105. The summed E-state index contributed by atoms with van der Waals surface area (Å²) >= 11 is 2.38. The highest BCUT2D eigenvalue weighted by atomic mass is 32.2. The Kier molecular flexibility index (Phi) is 5.32. The first kappa shape index (κ1) is 18.2. The first-order valence-corrected chi connectivity index (χ1v) is 10.0. The van der Waals surface area contributed by atoms with Crippen molar-refractivity contribution in [1.29, 1.82) is 5.26 Å². The van der Waals surface area contributed by atoms with Crippen LogP contribution in [0.3, 0.4) is 0 Å². The number of thiazole rings is 1. The molecule has 0 spiro atoms. The summed E-state index contributed by atoms with van der Waals surface area (Å²) in [5.41, 5.74) is 1.70. The lowest BCUT2D eigenvalue weighted by atomic mass is 10.1. The van der Waals surface area contributed by atoms with Crippen molar-refractivity contribution in [2.75, 3.05) is 5.75 Å². The highest BCUT2D eigenvalue weighted by molar-refractivity contribution is 7.99. The van der Waals surface area contributed by atoms with E-state index in [-0.39, 0.29) is 22.6 Å². The predicted molar refractivity (Wildman–Crippen MR) is 104 cm³/mol. The minimum absolute atomic E-state index is 0.0261. The van der Waals surface area contributed by atoms with Gasteiger partial charge in [-0.25, -0.2) is 4.98 Å². The standard InChI is InChI=1S/C19H12N4O3S2/c20-9-13(18-21-14(10-27-18)12-5-2-1-3-6-12)15(24)11-28-19-23-22-17(26-19)16-7-4-8-25-16/h1-8,10,13H,11H2/t13-/m0/s1. The lowest BCUT2D eigenvalue weighted by Crippen LogP contribution is -2.13. The summed E-state index contributed by atoms with van der Waals surface area (Å²) in [6.07, 6.45) is 1.51. The number of benzene rings is 1. The lowest BCUT2D eigenvalue weighted by molar-refractivity contribution is -0.116. The molecule has 0 aliphatic rings. The third-order valence-corrected chi connectivity index (χ3v) is 5.52. The Bertz CT molecular complexity index is 1110. The summed E-state index contributed by atoms with van der Waals surface area (Å²) in [6, 6.07) is 15.1. The topological polar surface area (TPSA) is 106 Å². The molecule has 138 valence electrons.